The predicted molar refractivity (Wildman–Crippen MR) is 227 cm³/mol. The summed E-state index contributed by atoms with van der Waals surface area (Å²) in [4.78, 5) is 12.5. The summed E-state index contributed by atoms with van der Waals surface area (Å²) >= 11 is 0. The SMILES string of the molecule is CC(=O)c1nnn(-c2cc(Cn3cc(-c4ccccc4)nn3)cc(-c3cc(C(C)C)c(-n4nnc5c4-c4ccccc4CCc4ccccc4-5)c(C(C)C)c3)c2)c1C. The van der Waals surface area contributed by atoms with Crippen molar-refractivity contribution in [3.63, 3.8) is 0 Å². The molecule has 3 aromatic heterocycles. The minimum atomic E-state index is -0.123. The van der Waals surface area contributed by atoms with Crippen LogP contribution in [0.2, 0.25) is 0 Å². The van der Waals surface area contributed by atoms with Gasteiger partial charge in [-0.1, -0.05) is 122 Å². The van der Waals surface area contributed by atoms with E-state index in [0.29, 0.717) is 17.9 Å². The van der Waals surface area contributed by atoms with Crippen LogP contribution in [0.4, 0.5) is 0 Å². The van der Waals surface area contributed by atoms with E-state index in [4.69, 9.17) is 10.3 Å². The van der Waals surface area contributed by atoms with Crippen molar-refractivity contribution in [2.45, 2.75) is 72.8 Å². The minimum Gasteiger partial charge on any atom is -0.293 e. The standard InChI is InChI=1S/C48H45N9O/c1-29(2)42-25-38(26-43(30(3)4)47(42)57-48-41-19-13-11-15-35(41)21-20-34-14-10-12-18-40(34)46(48)51-54-57)37-22-33(23-39(24-37)56-31(5)45(32(6)58)50-53-56)27-55-28-44(49-52-55)36-16-8-7-9-17-36/h7-19,22-26,28-30H,20-21,27H2,1-6H3. The van der Waals surface area contributed by atoms with Crippen molar-refractivity contribution in [3.05, 3.63) is 155 Å². The molecular weight excluding hydrogens is 719 g/mol. The van der Waals surface area contributed by atoms with E-state index >= 15 is 0 Å². The van der Waals surface area contributed by atoms with Crippen molar-refractivity contribution in [1.82, 2.24) is 45.0 Å². The van der Waals surface area contributed by atoms with Crippen LogP contribution < -0.4 is 0 Å². The highest BCUT2D eigenvalue weighted by molar-refractivity contribution is 5.93. The van der Waals surface area contributed by atoms with E-state index in [1.54, 1.807) is 4.68 Å². The minimum absolute atomic E-state index is 0.123. The van der Waals surface area contributed by atoms with Gasteiger partial charge in [-0.2, -0.15) is 0 Å². The maximum Gasteiger partial charge on any atom is 0.181 e. The molecule has 0 aliphatic heterocycles. The number of nitrogens with zero attached hydrogens (tertiary/aromatic N) is 9. The summed E-state index contributed by atoms with van der Waals surface area (Å²) in [7, 11) is 0. The van der Waals surface area contributed by atoms with Crippen molar-refractivity contribution in [1.29, 1.82) is 0 Å². The van der Waals surface area contributed by atoms with Gasteiger partial charge in [0.05, 0.1) is 29.8 Å². The summed E-state index contributed by atoms with van der Waals surface area (Å²) in [6.07, 6.45) is 3.85. The van der Waals surface area contributed by atoms with Gasteiger partial charge in [0.2, 0.25) is 0 Å². The first kappa shape index (κ1) is 36.8. The molecule has 10 heteroatoms. The van der Waals surface area contributed by atoms with Crippen molar-refractivity contribution in [2.24, 2.45) is 0 Å². The van der Waals surface area contributed by atoms with Crippen LogP contribution in [0.3, 0.4) is 0 Å². The van der Waals surface area contributed by atoms with Gasteiger partial charge in [0.15, 0.2) is 11.5 Å². The monoisotopic (exact) mass is 763 g/mol. The zero-order valence-corrected chi connectivity index (χ0v) is 33.7. The second-order valence-electron chi connectivity index (χ2n) is 15.9. The fourth-order valence-electron chi connectivity index (χ4n) is 8.30. The first-order chi connectivity index (χ1) is 28.1. The summed E-state index contributed by atoms with van der Waals surface area (Å²) in [5.41, 5.74) is 17.0. The van der Waals surface area contributed by atoms with Gasteiger partial charge in [-0.05, 0) is 101 Å². The third-order valence-electron chi connectivity index (χ3n) is 11.2. The highest BCUT2D eigenvalue weighted by atomic mass is 16.1. The first-order valence-electron chi connectivity index (χ1n) is 20.0. The number of ketones is 1. The largest absolute Gasteiger partial charge is 0.293 e. The molecule has 0 spiro atoms. The molecule has 0 saturated carbocycles. The van der Waals surface area contributed by atoms with E-state index in [9.17, 15) is 4.79 Å². The molecule has 0 amide bonds. The van der Waals surface area contributed by atoms with Crippen molar-refractivity contribution < 1.29 is 4.79 Å². The summed E-state index contributed by atoms with van der Waals surface area (Å²) in [5, 5.41) is 27.7. The summed E-state index contributed by atoms with van der Waals surface area (Å²) < 4.78 is 5.73. The van der Waals surface area contributed by atoms with Gasteiger partial charge in [-0.3, -0.25) is 4.79 Å². The highest BCUT2D eigenvalue weighted by Gasteiger charge is 2.28. The number of fused-ring (bicyclic) bond motifs is 5. The van der Waals surface area contributed by atoms with Crippen LogP contribution in [0.25, 0.3) is 56.3 Å². The molecule has 0 N–H and O–H groups in total. The molecule has 0 bridgehead atoms. The zero-order valence-electron chi connectivity index (χ0n) is 33.7. The molecule has 288 valence electrons. The van der Waals surface area contributed by atoms with E-state index in [1.807, 2.05) is 48.1 Å². The van der Waals surface area contributed by atoms with Gasteiger partial charge in [0.25, 0.3) is 0 Å². The number of Topliss-reactive ketones (excluding diaryl/α,β-unsaturated/α-hetero) is 1. The molecule has 0 radical (unpaired) electrons. The molecule has 58 heavy (non-hydrogen) atoms. The van der Waals surface area contributed by atoms with Crippen molar-refractivity contribution in [3.8, 4) is 56.3 Å². The van der Waals surface area contributed by atoms with Gasteiger partial charge < -0.3 is 0 Å². The zero-order chi connectivity index (χ0) is 40.1. The number of hydrogen-bond donors (Lipinski definition) is 0. The molecule has 10 nitrogen and oxygen atoms in total. The van der Waals surface area contributed by atoms with Gasteiger partial charge in [0, 0.05) is 23.6 Å². The van der Waals surface area contributed by atoms with E-state index in [-0.39, 0.29) is 17.6 Å². The Balaban J connectivity index is 1.23. The average Bonchev–Trinajstić information content (AvgIpc) is 3.98. The second kappa shape index (κ2) is 14.9. The molecule has 0 saturated heterocycles. The Hall–Kier alpha value is -6.81. The lowest BCUT2D eigenvalue weighted by atomic mass is 9.86. The highest BCUT2D eigenvalue weighted by Crippen LogP contribution is 2.43. The Labute approximate surface area is 338 Å². The molecule has 8 aromatic rings. The molecule has 0 atom stereocenters. The fraction of sp³-hybridized carbons (Fsp3) is 0.229. The Morgan fingerprint density at radius 2 is 1.28 bits per heavy atom. The van der Waals surface area contributed by atoms with Gasteiger partial charge in [0.1, 0.15) is 17.1 Å². The number of benzene rings is 5. The van der Waals surface area contributed by atoms with Crippen LogP contribution in [0.5, 0.6) is 0 Å². The van der Waals surface area contributed by atoms with Crippen molar-refractivity contribution in [2.75, 3.05) is 0 Å². The number of aryl methyl sites for hydroxylation is 2. The average molecular weight is 764 g/mol. The number of carbonyl (C=O) groups is 1. The summed E-state index contributed by atoms with van der Waals surface area (Å²) in [6, 6.07) is 38.4. The second-order valence-corrected chi connectivity index (χ2v) is 15.9. The number of hydrogen-bond acceptors (Lipinski definition) is 7. The van der Waals surface area contributed by atoms with E-state index in [1.165, 1.54) is 34.7 Å². The van der Waals surface area contributed by atoms with Crippen LogP contribution in [-0.4, -0.2) is 50.8 Å². The van der Waals surface area contributed by atoms with Crippen LogP contribution in [-0.2, 0) is 19.4 Å². The van der Waals surface area contributed by atoms with Crippen molar-refractivity contribution >= 4 is 5.78 Å². The first-order valence-corrected chi connectivity index (χ1v) is 20.0. The van der Waals surface area contributed by atoms with Crippen LogP contribution >= 0.6 is 0 Å². The maximum absolute atomic E-state index is 12.5. The lowest BCUT2D eigenvalue weighted by molar-refractivity contribution is 0.101. The van der Waals surface area contributed by atoms with Gasteiger partial charge in [-0.15, -0.1) is 15.3 Å². The van der Waals surface area contributed by atoms with Gasteiger partial charge >= 0.3 is 0 Å². The summed E-state index contributed by atoms with van der Waals surface area (Å²) in [5.74, 6) is 0.198. The van der Waals surface area contributed by atoms with E-state index in [2.05, 4.69) is 132 Å². The number of carbonyl (C=O) groups excluding carboxylic acids is 1. The Morgan fingerprint density at radius 3 is 1.95 bits per heavy atom. The lowest BCUT2D eigenvalue weighted by Crippen LogP contribution is -2.12. The lowest BCUT2D eigenvalue weighted by Gasteiger charge is -2.24. The molecular formula is C48H45N9O. The van der Waals surface area contributed by atoms with Gasteiger partial charge in [-0.25, -0.2) is 14.0 Å². The Bertz CT molecular complexity index is 2790. The molecule has 1 aliphatic carbocycles. The smallest absolute Gasteiger partial charge is 0.181 e. The molecule has 3 heterocycles. The normalized spacial score (nSPS) is 12.3. The number of rotatable bonds is 9. The molecule has 0 fully saturated rings. The van der Waals surface area contributed by atoms with Crippen LogP contribution in [0, 0.1) is 6.92 Å². The molecule has 0 unspecified atom stereocenters. The Kier molecular flexibility index (Phi) is 9.47. The molecule has 1 aliphatic rings. The van der Waals surface area contributed by atoms with E-state index < -0.39 is 0 Å². The fourth-order valence-corrected chi connectivity index (χ4v) is 8.30. The van der Waals surface area contributed by atoms with E-state index in [0.717, 1.165) is 69.1 Å². The number of aromatic nitrogens is 9. The van der Waals surface area contributed by atoms with Crippen LogP contribution in [0.1, 0.15) is 90.5 Å². The molecule has 5 aromatic carbocycles. The topological polar surface area (TPSA) is 109 Å². The summed E-state index contributed by atoms with van der Waals surface area (Å²) in [6.45, 7) is 12.9. The molecule has 9 rings (SSSR count). The van der Waals surface area contributed by atoms with Crippen LogP contribution in [0.15, 0.2) is 115 Å². The third kappa shape index (κ3) is 6.64. The quantitative estimate of drug-likeness (QED) is 0.135. The predicted octanol–water partition coefficient (Wildman–Crippen LogP) is 10.0. The third-order valence-corrected chi connectivity index (χ3v) is 11.2. The Morgan fingerprint density at radius 1 is 0.655 bits per heavy atom. The maximum atomic E-state index is 12.5.